The van der Waals surface area contributed by atoms with Crippen LogP contribution in [0.25, 0.3) is 10.4 Å². The van der Waals surface area contributed by atoms with Crippen LogP contribution in [0.15, 0.2) is 53.4 Å². The Hall–Kier alpha value is -2.22. The summed E-state index contributed by atoms with van der Waals surface area (Å²) < 4.78 is 39.4. The molecule has 0 bridgehead atoms. The Kier molecular flexibility index (Phi) is 4.77. The first-order valence-corrected chi connectivity index (χ1v) is 11.4. The maximum absolute atomic E-state index is 14.2. The summed E-state index contributed by atoms with van der Waals surface area (Å²) in [5.41, 5.74) is 1.32. The van der Waals surface area contributed by atoms with E-state index < -0.39 is 15.7 Å². The molecule has 0 N–H and O–H groups in total. The third-order valence-corrected chi connectivity index (χ3v) is 7.73. The number of hydrogen-bond donors (Lipinski definition) is 0. The van der Waals surface area contributed by atoms with E-state index in [2.05, 4.69) is 0 Å². The number of thiophene rings is 1. The molecule has 1 aliphatic heterocycles. The standard InChI is InChI=1S/C20H15ClFNO3S2/c1-2-23(16-6-4-3-5-15(16)22)20(24)17-9-12-11-28(25,26)18-10-13(21)7-8-14(18)19(12)27-17/h3-10H,2,11H2,1H3. The molecule has 0 saturated heterocycles. The highest BCUT2D eigenvalue weighted by Gasteiger charge is 2.32. The minimum Gasteiger partial charge on any atom is -0.305 e. The number of fused-ring (bicyclic) bond motifs is 3. The highest BCUT2D eigenvalue weighted by Crippen LogP contribution is 2.44. The normalized spacial score (nSPS) is 14.2. The number of rotatable bonds is 3. The fourth-order valence-electron chi connectivity index (χ4n) is 3.32. The number of carbonyl (C=O) groups excluding carboxylic acids is 1. The van der Waals surface area contributed by atoms with Crippen LogP contribution in [0.5, 0.6) is 0 Å². The zero-order valence-corrected chi connectivity index (χ0v) is 17.2. The van der Waals surface area contributed by atoms with E-state index in [0.29, 0.717) is 21.0 Å². The van der Waals surface area contributed by atoms with E-state index in [4.69, 9.17) is 11.6 Å². The van der Waals surface area contributed by atoms with Gasteiger partial charge in [-0.1, -0.05) is 29.8 Å². The first-order chi connectivity index (χ1) is 13.3. The SMILES string of the molecule is CCN(C(=O)c1cc2c(s1)-c1ccc(Cl)cc1S(=O)(=O)C2)c1ccccc1F. The van der Waals surface area contributed by atoms with Crippen molar-refractivity contribution in [2.45, 2.75) is 17.6 Å². The molecule has 0 spiro atoms. The Balaban J connectivity index is 1.80. The number of halogens is 2. The number of anilines is 1. The molecule has 1 amide bonds. The minimum atomic E-state index is -3.54. The Morgan fingerprint density at radius 3 is 2.68 bits per heavy atom. The number of nitrogens with zero attached hydrogens (tertiary/aromatic N) is 1. The van der Waals surface area contributed by atoms with E-state index in [-0.39, 0.29) is 28.8 Å². The minimum absolute atomic E-state index is 0.176. The van der Waals surface area contributed by atoms with Crippen molar-refractivity contribution in [3.05, 3.63) is 69.8 Å². The molecule has 4 nitrogen and oxygen atoms in total. The number of sulfone groups is 1. The van der Waals surface area contributed by atoms with Crippen molar-refractivity contribution < 1.29 is 17.6 Å². The first kappa shape index (κ1) is 19.1. The number of amides is 1. The summed E-state index contributed by atoms with van der Waals surface area (Å²) in [5, 5.41) is 0.343. The van der Waals surface area contributed by atoms with Crippen LogP contribution in [0.3, 0.4) is 0 Å². The number of carbonyl (C=O) groups is 1. The lowest BCUT2D eigenvalue weighted by molar-refractivity contribution is 0.0991. The lowest BCUT2D eigenvalue weighted by Crippen LogP contribution is -2.30. The third kappa shape index (κ3) is 3.13. The quantitative estimate of drug-likeness (QED) is 0.570. The van der Waals surface area contributed by atoms with E-state index >= 15 is 0 Å². The second kappa shape index (κ2) is 6.99. The molecule has 4 rings (SSSR count). The molecule has 0 unspecified atom stereocenters. The molecule has 0 atom stereocenters. The van der Waals surface area contributed by atoms with Crippen LogP contribution >= 0.6 is 22.9 Å². The lowest BCUT2D eigenvalue weighted by Gasteiger charge is -2.20. The number of para-hydroxylation sites is 1. The molecule has 2 aromatic carbocycles. The van der Waals surface area contributed by atoms with Crippen molar-refractivity contribution in [2.24, 2.45) is 0 Å². The molecular weight excluding hydrogens is 421 g/mol. The molecular formula is C20H15ClFNO3S2. The van der Waals surface area contributed by atoms with Crippen molar-refractivity contribution >= 4 is 44.4 Å². The fourth-order valence-corrected chi connectivity index (χ4v) is 6.49. The highest BCUT2D eigenvalue weighted by molar-refractivity contribution is 7.91. The number of hydrogen-bond acceptors (Lipinski definition) is 4. The third-order valence-electron chi connectivity index (χ3n) is 4.59. The zero-order valence-electron chi connectivity index (χ0n) is 14.8. The van der Waals surface area contributed by atoms with Gasteiger partial charge in [-0.05, 0) is 42.8 Å². The highest BCUT2D eigenvalue weighted by atomic mass is 35.5. The summed E-state index contributed by atoms with van der Waals surface area (Å²) in [6.07, 6.45) is 0. The van der Waals surface area contributed by atoms with E-state index in [1.54, 1.807) is 43.3 Å². The molecule has 0 radical (unpaired) electrons. The van der Waals surface area contributed by atoms with Crippen LogP contribution in [0, 0.1) is 5.82 Å². The molecule has 8 heteroatoms. The van der Waals surface area contributed by atoms with Gasteiger partial charge in [-0.2, -0.15) is 0 Å². The average molecular weight is 436 g/mol. The van der Waals surface area contributed by atoms with Gasteiger partial charge in [-0.15, -0.1) is 11.3 Å². The Morgan fingerprint density at radius 2 is 1.96 bits per heavy atom. The Bertz CT molecular complexity index is 1200. The van der Waals surface area contributed by atoms with Gasteiger partial charge in [0.05, 0.1) is 21.2 Å². The average Bonchev–Trinajstić information content (AvgIpc) is 3.07. The van der Waals surface area contributed by atoms with Gasteiger partial charge in [-0.25, -0.2) is 12.8 Å². The smallest absolute Gasteiger partial charge is 0.268 e. The molecule has 0 fully saturated rings. The summed E-state index contributed by atoms with van der Waals surface area (Å²) in [4.78, 5) is 15.7. The molecule has 28 heavy (non-hydrogen) atoms. The van der Waals surface area contributed by atoms with Gasteiger partial charge in [0.25, 0.3) is 5.91 Å². The summed E-state index contributed by atoms with van der Waals surface area (Å²) in [7, 11) is -3.54. The van der Waals surface area contributed by atoms with Crippen molar-refractivity contribution in [2.75, 3.05) is 11.4 Å². The van der Waals surface area contributed by atoms with Crippen LogP contribution in [-0.4, -0.2) is 20.9 Å². The summed E-state index contributed by atoms with van der Waals surface area (Å²) in [5.74, 6) is -1.04. The molecule has 1 aromatic heterocycles. The molecule has 0 saturated carbocycles. The zero-order chi connectivity index (χ0) is 20.1. The molecule has 3 aromatic rings. The van der Waals surface area contributed by atoms with Crippen LogP contribution in [0.2, 0.25) is 5.02 Å². The second-order valence-electron chi connectivity index (χ2n) is 6.37. The van der Waals surface area contributed by atoms with Gasteiger partial charge in [0.1, 0.15) is 5.82 Å². The first-order valence-electron chi connectivity index (χ1n) is 8.53. The Morgan fingerprint density at radius 1 is 1.21 bits per heavy atom. The van der Waals surface area contributed by atoms with Crippen molar-refractivity contribution in [1.29, 1.82) is 0 Å². The molecule has 144 valence electrons. The van der Waals surface area contributed by atoms with Gasteiger partial charge in [0.2, 0.25) is 0 Å². The van der Waals surface area contributed by atoms with Crippen LogP contribution in [-0.2, 0) is 15.6 Å². The predicted molar refractivity (Wildman–Crippen MR) is 109 cm³/mol. The molecule has 2 heterocycles. The van der Waals surface area contributed by atoms with Crippen LogP contribution in [0.4, 0.5) is 10.1 Å². The van der Waals surface area contributed by atoms with Crippen LogP contribution < -0.4 is 4.90 Å². The van der Waals surface area contributed by atoms with Gasteiger partial charge in [-0.3, -0.25) is 4.79 Å². The van der Waals surface area contributed by atoms with Gasteiger partial charge in [0.15, 0.2) is 9.84 Å². The summed E-state index contributed by atoms with van der Waals surface area (Å²) >= 11 is 7.19. The van der Waals surface area contributed by atoms with Crippen molar-refractivity contribution in [3.63, 3.8) is 0 Å². The van der Waals surface area contributed by atoms with Crippen molar-refractivity contribution in [1.82, 2.24) is 0 Å². The van der Waals surface area contributed by atoms with Crippen LogP contribution in [0.1, 0.15) is 22.2 Å². The summed E-state index contributed by atoms with van der Waals surface area (Å²) in [6, 6.07) is 12.4. The Labute approximate surface area is 171 Å². The van der Waals surface area contributed by atoms with Gasteiger partial charge >= 0.3 is 0 Å². The topological polar surface area (TPSA) is 54.5 Å². The van der Waals surface area contributed by atoms with E-state index in [9.17, 15) is 17.6 Å². The second-order valence-corrected chi connectivity index (χ2v) is 9.81. The fraction of sp³-hybridized carbons (Fsp3) is 0.150. The lowest BCUT2D eigenvalue weighted by atomic mass is 10.1. The summed E-state index contributed by atoms with van der Waals surface area (Å²) in [6.45, 7) is 2.05. The van der Waals surface area contributed by atoms with E-state index in [1.807, 2.05) is 0 Å². The molecule has 1 aliphatic rings. The largest absolute Gasteiger partial charge is 0.305 e. The van der Waals surface area contributed by atoms with E-state index in [0.717, 1.165) is 4.88 Å². The predicted octanol–water partition coefficient (Wildman–Crippen LogP) is 5.16. The van der Waals surface area contributed by atoms with Crippen molar-refractivity contribution in [3.8, 4) is 10.4 Å². The monoisotopic (exact) mass is 435 g/mol. The molecule has 0 aliphatic carbocycles. The van der Waals surface area contributed by atoms with E-state index in [1.165, 1.54) is 28.4 Å². The van der Waals surface area contributed by atoms with Gasteiger partial charge in [0, 0.05) is 22.0 Å². The van der Waals surface area contributed by atoms with Gasteiger partial charge < -0.3 is 4.90 Å². The maximum Gasteiger partial charge on any atom is 0.268 e. The number of benzene rings is 2. The maximum atomic E-state index is 14.2.